The van der Waals surface area contributed by atoms with Gasteiger partial charge in [-0.25, -0.2) is 0 Å². The van der Waals surface area contributed by atoms with E-state index in [1.807, 2.05) is 6.92 Å². The lowest BCUT2D eigenvalue weighted by Crippen LogP contribution is -2.24. The van der Waals surface area contributed by atoms with Crippen molar-refractivity contribution in [3.8, 4) is 0 Å². The number of aryl methyl sites for hydroxylation is 1. The summed E-state index contributed by atoms with van der Waals surface area (Å²) < 4.78 is 5.55. The maximum atomic E-state index is 5.55. The van der Waals surface area contributed by atoms with E-state index in [0.717, 1.165) is 26.3 Å². The second-order valence-electron chi connectivity index (χ2n) is 4.08. The van der Waals surface area contributed by atoms with Gasteiger partial charge < -0.3 is 10.1 Å². The van der Waals surface area contributed by atoms with E-state index in [-0.39, 0.29) is 0 Å². The molecule has 0 radical (unpaired) electrons. The summed E-state index contributed by atoms with van der Waals surface area (Å²) in [7, 11) is 0. The third kappa shape index (κ3) is 4.33. The summed E-state index contributed by atoms with van der Waals surface area (Å²) in [5.74, 6) is 0.458. The second-order valence-corrected chi connectivity index (χ2v) is 4.08. The Bertz CT molecular complexity index is 291. The van der Waals surface area contributed by atoms with Gasteiger partial charge in [-0.2, -0.15) is 0 Å². The Morgan fingerprint density at radius 3 is 2.75 bits per heavy atom. The SMILES string of the molecule is CCNCC(COCC)c1cccc(C)c1. The summed E-state index contributed by atoms with van der Waals surface area (Å²) in [4.78, 5) is 0. The van der Waals surface area contributed by atoms with E-state index in [2.05, 4.69) is 43.4 Å². The van der Waals surface area contributed by atoms with E-state index in [9.17, 15) is 0 Å². The van der Waals surface area contributed by atoms with Gasteiger partial charge in [-0.15, -0.1) is 0 Å². The molecule has 1 N–H and O–H groups in total. The fourth-order valence-corrected chi connectivity index (χ4v) is 1.78. The van der Waals surface area contributed by atoms with Crippen molar-refractivity contribution in [2.24, 2.45) is 0 Å². The second kappa shape index (κ2) is 7.42. The third-order valence-electron chi connectivity index (χ3n) is 2.68. The molecule has 1 aromatic rings. The topological polar surface area (TPSA) is 21.3 Å². The molecule has 0 spiro atoms. The maximum absolute atomic E-state index is 5.55. The van der Waals surface area contributed by atoms with Crippen molar-refractivity contribution in [2.45, 2.75) is 26.7 Å². The minimum Gasteiger partial charge on any atom is -0.381 e. The van der Waals surface area contributed by atoms with Crippen LogP contribution in [0.15, 0.2) is 24.3 Å². The zero-order valence-corrected chi connectivity index (χ0v) is 10.6. The number of nitrogens with one attached hydrogen (secondary N) is 1. The molecule has 16 heavy (non-hydrogen) atoms. The standard InChI is InChI=1S/C14H23NO/c1-4-15-10-14(11-16-5-2)13-8-6-7-12(3)9-13/h6-9,14-15H,4-5,10-11H2,1-3H3. The molecule has 0 amide bonds. The van der Waals surface area contributed by atoms with Gasteiger partial charge >= 0.3 is 0 Å². The highest BCUT2D eigenvalue weighted by molar-refractivity contribution is 5.25. The fraction of sp³-hybridized carbons (Fsp3) is 0.571. The minimum atomic E-state index is 0.458. The van der Waals surface area contributed by atoms with E-state index < -0.39 is 0 Å². The van der Waals surface area contributed by atoms with Crippen LogP contribution >= 0.6 is 0 Å². The lowest BCUT2D eigenvalue weighted by Gasteiger charge is -2.18. The lowest BCUT2D eigenvalue weighted by molar-refractivity contribution is 0.131. The Balaban J connectivity index is 2.66. The average molecular weight is 221 g/mol. The van der Waals surface area contributed by atoms with Gasteiger partial charge in [-0.05, 0) is 26.0 Å². The molecule has 0 aliphatic carbocycles. The Kier molecular flexibility index (Phi) is 6.12. The van der Waals surface area contributed by atoms with Crippen LogP contribution in [0.3, 0.4) is 0 Å². The van der Waals surface area contributed by atoms with Crippen molar-refractivity contribution < 1.29 is 4.74 Å². The molecule has 1 unspecified atom stereocenters. The molecule has 0 bridgehead atoms. The van der Waals surface area contributed by atoms with E-state index in [1.54, 1.807) is 0 Å². The van der Waals surface area contributed by atoms with Gasteiger partial charge in [-0.1, -0.05) is 36.8 Å². The van der Waals surface area contributed by atoms with Gasteiger partial charge in [0.05, 0.1) is 6.61 Å². The minimum absolute atomic E-state index is 0.458. The van der Waals surface area contributed by atoms with Gasteiger partial charge in [0.2, 0.25) is 0 Å². The van der Waals surface area contributed by atoms with Crippen LogP contribution in [0.5, 0.6) is 0 Å². The van der Waals surface area contributed by atoms with Crippen LogP contribution in [0.4, 0.5) is 0 Å². The predicted molar refractivity (Wildman–Crippen MR) is 69.0 cm³/mol. The molecule has 0 saturated heterocycles. The monoisotopic (exact) mass is 221 g/mol. The first-order chi connectivity index (χ1) is 7.77. The van der Waals surface area contributed by atoms with E-state index >= 15 is 0 Å². The summed E-state index contributed by atoms with van der Waals surface area (Å²) in [6, 6.07) is 8.69. The molecule has 0 heterocycles. The van der Waals surface area contributed by atoms with Crippen LogP contribution < -0.4 is 5.32 Å². The summed E-state index contributed by atoms with van der Waals surface area (Å²) in [5.41, 5.74) is 2.69. The summed E-state index contributed by atoms with van der Waals surface area (Å²) >= 11 is 0. The summed E-state index contributed by atoms with van der Waals surface area (Å²) in [5, 5.41) is 3.40. The molecule has 0 aliphatic heterocycles. The Morgan fingerprint density at radius 2 is 2.12 bits per heavy atom. The fourth-order valence-electron chi connectivity index (χ4n) is 1.78. The molecule has 0 saturated carbocycles. The molecule has 0 aromatic heterocycles. The quantitative estimate of drug-likeness (QED) is 0.764. The smallest absolute Gasteiger partial charge is 0.0546 e. The predicted octanol–water partition coefficient (Wildman–Crippen LogP) is 2.72. The van der Waals surface area contributed by atoms with Crippen molar-refractivity contribution in [3.63, 3.8) is 0 Å². The van der Waals surface area contributed by atoms with Crippen molar-refractivity contribution >= 4 is 0 Å². The highest BCUT2D eigenvalue weighted by Gasteiger charge is 2.10. The van der Waals surface area contributed by atoms with Crippen LogP contribution in [0, 0.1) is 6.92 Å². The number of likely N-dealkylation sites (N-methyl/N-ethyl adjacent to an activating group) is 1. The van der Waals surface area contributed by atoms with Crippen LogP contribution in [-0.4, -0.2) is 26.3 Å². The molecule has 1 rings (SSSR count). The van der Waals surface area contributed by atoms with Crippen LogP contribution in [0.2, 0.25) is 0 Å². The van der Waals surface area contributed by atoms with Crippen LogP contribution in [0.25, 0.3) is 0 Å². The molecule has 90 valence electrons. The van der Waals surface area contributed by atoms with Gasteiger partial charge in [-0.3, -0.25) is 0 Å². The number of ether oxygens (including phenoxy) is 1. The average Bonchev–Trinajstić information content (AvgIpc) is 2.29. The first kappa shape index (κ1) is 13.2. The molecule has 0 aliphatic rings. The van der Waals surface area contributed by atoms with E-state index in [1.165, 1.54) is 11.1 Å². The molecular weight excluding hydrogens is 198 g/mol. The molecule has 1 atom stereocenters. The summed E-state index contributed by atoms with van der Waals surface area (Å²) in [6.07, 6.45) is 0. The third-order valence-corrected chi connectivity index (χ3v) is 2.68. The molecule has 2 nitrogen and oxygen atoms in total. The van der Waals surface area contributed by atoms with E-state index in [0.29, 0.717) is 5.92 Å². The number of hydrogen-bond acceptors (Lipinski definition) is 2. The molecule has 0 fully saturated rings. The highest BCUT2D eigenvalue weighted by Crippen LogP contribution is 2.16. The zero-order chi connectivity index (χ0) is 11.8. The zero-order valence-electron chi connectivity index (χ0n) is 10.6. The van der Waals surface area contributed by atoms with Gasteiger partial charge in [0.15, 0.2) is 0 Å². The molecule has 2 heteroatoms. The first-order valence-corrected chi connectivity index (χ1v) is 6.13. The van der Waals surface area contributed by atoms with Crippen molar-refractivity contribution in [2.75, 3.05) is 26.3 Å². The van der Waals surface area contributed by atoms with Crippen molar-refractivity contribution in [1.82, 2.24) is 5.32 Å². The first-order valence-electron chi connectivity index (χ1n) is 6.13. The highest BCUT2D eigenvalue weighted by atomic mass is 16.5. The number of benzene rings is 1. The Morgan fingerprint density at radius 1 is 1.31 bits per heavy atom. The molecule has 1 aromatic carbocycles. The van der Waals surface area contributed by atoms with Crippen molar-refractivity contribution in [3.05, 3.63) is 35.4 Å². The van der Waals surface area contributed by atoms with Crippen LogP contribution in [-0.2, 0) is 4.74 Å². The largest absolute Gasteiger partial charge is 0.381 e. The Labute approximate surface area is 99.0 Å². The lowest BCUT2D eigenvalue weighted by atomic mass is 9.98. The Hall–Kier alpha value is -0.860. The van der Waals surface area contributed by atoms with E-state index in [4.69, 9.17) is 4.74 Å². The summed E-state index contributed by atoms with van der Waals surface area (Å²) in [6.45, 7) is 9.89. The van der Waals surface area contributed by atoms with Gasteiger partial charge in [0.25, 0.3) is 0 Å². The van der Waals surface area contributed by atoms with Crippen molar-refractivity contribution in [1.29, 1.82) is 0 Å². The maximum Gasteiger partial charge on any atom is 0.0546 e. The number of hydrogen-bond donors (Lipinski definition) is 1. The number of rotatable bonds is 7. The normalized spacial score (nSPS) is 12.7. The van der Waals surface area contributed by atoms with Gasteiger partial charge in [0, 0.05) is 19.1 Å². The van der Waals surface area contributed by atoms with Gasteiger partial charge in [0.1, 0.15) is 0 Å². The van der Waals surface area contributed by atoms with Crippen LogP contribution in [0.1, 0.15) is 30.9 Å². The molecular formula is C14H23NO.